The molecule has 0 saturated heterocycles. The summed E-state index contributed by atoms with van der Waals surface area (Å²) in [6, 6.07) is 0. The van der Waals surface area contributed by atoms with Crippen LogP contribution in [0, 0.1) is 17.8 Å². The molecule has 1 atom stereocenters. The Hall–Kier alpha value is -0.610. The molecule has 18 heavy (non-hydrogen) atoms. The molecule has 108 valence electrons. The zero-order valence-corrected chi connectivity index (χ0v) is 12.3. The Morgan fingerprint density at radius 1 is 1.11 bits per heavy atom. The van der Waals surface area contributed by atoms with E-state index in [4.69, 9.17) is 15.2 Å². The van der Waals surface area contributed by atoms with E-state index in [-0.39, 0.29) is 11.9 Å². The van der Waals surface area contributed by atoms with Gasteiger partial charge in [0, 0.05) is 13.0 Å². The van der Waals surface area contributed by atoms with E-state index in [0.717, 1.165) is 6.42 Å². The molecule has 4 heteroatoms. The highest BCUT2D eigenvalue weighted by Crippen LogP contribution is 2.14. The zero-order chi connectivity index (χ0) is 14.0. The van der Waals surface area contributed by atoms with Gasteiger partial charge in [0.2, 0.25) is 0 Å². The summed E-state index contributed by atoms with van der Waals surface area (Å²) in [7, 11) is 0. The molecule has 0 bridgehead atoms. The molecule has 2 N–H and O–H groups in total. The van der Waals surface area contributed by atoms with Crippen molar-refractivity contribution >= 4 is 5.97 Å². The summed E-state index contributed by atoms with van der Waals surface area (Å²) in [4.78, 5) is 11.6. The highest BCUT2D eigenvalue weighted by atomic mass is 16.6. The van der Waals surface area contributed by atoms with Crippen LogP contribution in [0.3, 0.4) is 0 Å². The quantitative estimate of drug-likeness (QED) is 0.482. The Kier molecular flexibility index (Phi) is 9.98. The average Bonchev–Trinajstić information content (AvgIpc) is 2.26. The van der Waals surface area contributed by atoms with Crippen molar-refractivity contribution < 1.29 is 14.3 Å². The van der Waals surface area contributed by atoms with E-state index < -0.39 is 0 Å². The lowest BCUT2D eigenvalue weighted by Gasteiger charge is -2.16. The van der Waals surface area contributed by atoms with Crippen LogP contribution in [0.25, 0.3) is 0 Å². The Morgan fingerprint density at radius 2 is 1.78 bits per heavy atom. The van der Waals surface area contributed by atoms with Crippen LogP contribution in [-0.2, 0) is 14.3 Å². The van der Waals surface area contributed by atoms with Crippen LogP contribution < -0.4 is 5.73 Å². The molecule has 0 saturated carbocycles. The molecule has 0 aliphatic heterocycles. The summed E-state index contributed by atoms with van der Waals surface area (Å²) in [6.45, 7) is 10.5. The van der Waals surface area contributed by atoms with Crippen molar-refractivity contribution in [2.45, 2.75) is 40.5 Å². The zero-order valence-electron chi connectivity index (χ0n) is 12.3. The topological polar surface area (TPSA) is 61.5 Å². The van der Waals surface area contributed by atoms with Gasteiger partial charge in [-0.25, -0.2) is 0 Å². The maximum atomic E-state index is 11.6. The number of hydrogen-bond donors (Lipinski definition) is 1. The maximum absolute atomic E-state index is 11.6. The van der Waals surface area contributed by atoms with Gasteiger partial charge in [-0.2, -0.15) is 0 Å². The third-order valence-electron chi connectivity index (χ3n) is 2.54. The second kappa shape index (κ2) is 10.3. The fourth-order valence-corrected chi connectivity index (χ4v) is 1.76. The summed E-state index contributed by atoms with van der Waals surface area (Å²) in [5.74, 6) is 1.13. The number of carbonyl (C=O) groups excluding carboxylic acids is 1. The van der Waals surface area contributed by atoms with E-state index >= 15 is 0 Å². The highest BCUT2D eigenvalue weighted by molar-refractivity contribution is 5.69. The lowest BCUT2D eigenvalue weighted by atomic mass is 9.94. The Balaban J connectivity index is 3.62. The molecule has 0 aliphatic rings. The van der Waals surface area contributed by atoms with Crippen molar-refractivity contribution in [2.24, 2.45) is 23.5 Å². The molecule has 0 aliphatic carbocycles. The van der Waals surface area contributed by atoms with Crippen LogP contribution in [0.15, 0.2) is 0 Å². The highest BCUT2D eigenvalue weighted by Gasteiger charge is 2.14. The number of carbonyl (C=O) groups is 1. The average molecular weight is 259 g/mol. The lowest BCUT2D eigenvalue weighted by Crippen LogP contribution is -2.22. The van der Waals surface area contributed by atoms with Gasteiger partial charge in [-0.1, -0.05) is 27.7 Å². The molecule has 0 fully saturated rings. The molecule has 0 aromatic carbocycles. The molecular formula is C14H29NO3. The van der Waals surface area contributed by atoms with Gasteiger partial charge in [0.25, 0.3) is 0 Å². The first-order valence-corrected chi connectivity index (χ1v) is 6.89. The number of hydrogen-bond acceptors (Lipinski definition) is 4. The van der Waals surface area contributed by atoms with Crippen molar-refractivity contribution in [3.05, 3.63) is 0 Å². The maximum Gasteiger partial charge on any atom is 0.306 e. The van der Waals surface area contributed by atoms with Gasteiger partial charge in [0.05, 0.1) is 6.61 Å². The number of ether oxygens (including phenoxy) is 2. The van der Waals surface area contributed by atoms with E-state index in [1.54, 1.807) is 0 Å². The summed E-state index contributed by atoms with van der Waals surface area (Å²) in [5.41, 5.74) is 5.65. The smallest absolute Gasteiger partial charge is 0.306 e. The summed E-state index contributed by atoms with van der Waals surface area (Å²) < 4.78 is 10.5. The van der Waals surface area contributed by atoms with Crippen LogP contribution in [0.1, 0.15) is 40.5 Å². The number of nitrogens with two attached hydrogens (primary N) is 1. The molecule has 0 amide bonds. The fraction of sp³-hybridized carbons (Fsp3) is 0.929. The van der Waals surface area contributed by atoms with Crippen LogP contribution in [0.5, 0.6) is 0 Å². The molecular weight excluding hydrogens is 230 g/mol. The van der Waals surface area contributed by atoms with Crippen molar-refractivity contribution in [2.75, 3.05) is 26.4 Å². The van der Waals surface area contributed by atoms with Crippen LogP contribution in [0.4, 0.5) is 0 Å². The standard InChI is InChI=1S/C14H29NO3/c1-11(2)7-13(9-15)8-14(16)18-6-5-17-10-12(3)4/h11-13H,5-10,15H2,1-4H3/t13-/m0/s1. The minimum atomic E-state index is -0.167. The first-order chi connectivity index (χ1) is 8.45. The molecule has 0 rings (SSSR count). The lowest BCUT2D eigenvalue weighted by molar-refractivity contribution is -0.146. The van der Waals surface area contributed by atoms with Gasteiger partial charge in [-0.05, 0) is 30.7 Å². The normalized spacial score (nSPS) is 13.1. The van der Waals surface area contributed by atoms with Crippen LogP contribution in [-0.4, -0.2) is 32.3 Å². The second-order valence-corrected chi connectivity index (χ2v) is 5.62. The van der Waals surface area contributed by atoms with Crippen molar-refractivity contribution in [1.29, 1.82) is 0 Å². The molecule has 0 spiro atoms. The molecule has 0 aromatic rings. The van der Waals surface area contributed by atoms with E-state index in [1.165, 1.54) is 0 Å². The van der Waals surface area contributed by atoms with Gasteiger partial charge >= 0.3 is 5.97 Å². The summed E-state index contributed by atoms with van der Waals surface area (Å²) in [6.07, 6.45) is 1.38. The molecule has 4 nitrogen and oxygen atoms in total. The monoisotopic (exact) mass is 259 g/mol. The molecule has 0 unspecified atom stereocenters. The summed E-state index contributed by atoms with van der Waals surface area (Å²) >= 11 is 0. The predicted octanol–water partition coefficient (Wildman–Crippen LogP) is 2.21. The van der Waals surface area contributed by atoms with Crippen molar-refractivity contribution in [1.82, 2.24) is 0 Å². The van der Waals surface area contributed by atoms with Crippen LogP contribution >= 0.6 is 0 Å². The van der Waals surface area contributed by atoms with E-state index in [0.29, 0.717) is 44.6 Å². The molecule has 0 radical (unpaired) electrons. The second-order valence-electron chi connectivity index (χ2n) is 5.62. The van der Waals surface area contributed by atoms with Gasteiger partial charge in [-0.3, -0.25) is 4.79 Å². The Bertz CT molecular complexity index is 217. The summed E-state index contributed by atoms with van der Waals surface area (Å²) in [5, 5.41) is 0. The van der Waals surface area contributed by atoms with Crippen molar-refractivity contribution in [3.63, 3.8) is 0 Å². The predicted molar refractivity (Wildman–Crippen MR) is 73.2 cm³/mol. The number of rotatable bonds is 10. The fourth-order valence-electron chi connectivity index (χ4n) is 1.76. The van der Waals surface area contributed by atoms with Crippen molar-refractivity contribution in [3.8, 4) is 0 Å². The molecule has 0 heterocycles. The Morgan fingerprint density at radius 3 is 2.28 bits per heavy atom. The first-order valence-electron chi connectivity index (χ1n) is 6.89. The first kappa shape index (κ1) is 17.4. The minimum absolute atomic E-state index is 0.167. The Labute approximate surface area is 111 Å². The SMILES string of the molecule is CC(C)COCCOC(=O)C[C@@H](CN)CC(C)C. The van der Waals surface area contributed by atoms with Gasteiger partial charge in [-0.15, -0.1) is 0 Å². The van der Waals surface area contributed by atoms with Gasteiger partial charge in [0.15, 0.2) is 0 Å². The third kappa shape index (κ3) is 10.5. The third-order valence-corrected chi connectivity index (χ3v) is 2.54. The van der Waals surface area contributed by atoms with E-state index in [1.807, 2.05) is 0 Å². The van der Waals surface area contributed by atoms with Crippen LogP contribution in [0.2, 0.25) is 0 Å². The van der Waals surface area contributed by atoms with Gasteiger partial charge in [0.1, 0.15) is 6.61 Å². The largest absolute Gasteiger partial charge is 0.463 e. The minimum Gasteiger partial charge on any atom is -0.463 e. The van der Waals surface area contributed by atoms with E-state index in [9.17, 15) is 4.79 Å². The molecule has 0 aromatic heterocycles. The number of esters is 1. The van der Waals surface area contributed by atoms with Gasteiger partial charge < -0.3 is 15.2 Å². The van der Waals surface area contributed by atoms with E-state index in [2.05, 4.69) is 27.7 Å².